The highest BCUT2D eigenvalue weighted by Gasteiger charge is 1.87. The van der Waals surface area contributed by atoms with E-state index in [9.17, 15) is 4.21 Å². The van der Waals surface area contributed by atoms with Crippen molar-refractivity contribution in [3.05, 3.63) is 0 Å². The highest BCUT2D eigenvalue weighted by molar-refractivity contribution is 8.32. The molecule has 0 aliphatic carbocycles. The van der Waals surface area contributed by atoms with Gasteiger partial charge in [-0.3, -0.25) is 0 Å². The fraction of sp³-hybridized carbons (Fsp3) is 1.00. The molecule has 5 heteroatoms. The maximum atomic E-state index is 10.0. The second-order valence-corrected chi connectivity index (χ2v) is 4.66. The van der Waals surface area contributed by atoms with Crippen molar-refractivity contribution in [2.24, 2.45) is 5.14 Å². The summed E-state index contributed by atoms with van der Waals surface area (Å²) in [4.78, 5) is 0. The molecule has 0 radical (unpaired) electrons. The van der Waals surface area contributed by atoms with E-state index in [0.717, 1.165) is 0 Å². The minimum Gasteiger partial charge on any atom is -0.250 e. The molecule has 0 saturated heterocycles. The Hall–Kier alpha value is 0.620. The molecule has 0 saturated carbocycles. The molecule has 1 unspecified atom stereocenters. The molecule has 0 fully saturated rings. The predicted molar refractivity (Wildman–Crippen MR) is 30.4 cm³/mol. The van der Waals surface area contributed by atoms with E-state index in [-0.39, 0.29) is 5.21 Å². The molecule has 0 aromatic carbocycles. The van der Waals surface area contributed by atoms with E-state index in [1.54, 1.807) is 0 Å². The maximum Gasteiger partial charge on any atom is 0.113 e. The van der Waals surface area contributed by atoms with E-state index in [4.69, 9.17) is 16.7 Å². The Morgan fingerprint density at radius 3 is 2.17 bits per heavy atom. The molecule has 0 bridgehead atoms. The number of nitrogens with two attached hydrogens (primary N) is 1. The van der Waals surface area contributed by atoms with E-state index in [2.05, 4.69) is 11.2 Å². The van der Waals surface area contributed by atoms with Crippen LogP contribution < -0.4 is 5.14 Å². The van der Waals surface area contributed by atoms with E-state index in [1.165, 1.54) is 0 Å². The molecule has 0 heterocycles. The highest BCUT2D eigenvalue weighted by atomic mass is 35.5. The molecule has 0 amide bonds. The van der Waals surface area contributed by atoms with Crippen molar-refractivity contribution in [3.63, 3.8) is 0 Å². The molecule has 0 aliphatic rings. The van der Waals surface area contributed by atoms with Crippen molar-refractivity contribution >= 4 is 31.5 Å². The number of alkyl halides is 1. The van der Waals surface area contributed by atoms with Crippen molar-refractivity contribution in [3.8, 4) is 0 Å². The second kappa shape index (κ2) is 2.07. The molecule has 2 nitrogen and oxygen atoms in total. The fourth-order valence-electron chi connectivity index (χ4n) is 0. The zero-order valence-corrected chi connectivity index (χ0v) is 5.28. The SMILES string of the molecule is NS(=O)(=S)CCl. The van der Waals surface area contributed by atoms with Gasteiger partial charge in [0.2, 0.25) is 0 Å². The topological polar surface area (TPSA) is 43.1 Å². The fourth-order valence-corrected chi connectivity index (χ4v) is 0. The van der Waals surface area contributed by atoms with Crippen LogP contribution in [-0.2, 0) is 19.9 Å². The minimum absolute atomic E-state index is 0.137. The normalized spacial score (nSPS) is 19.7. The lowest BCUT2D eigenvalue weighted by molar-refractivity contribution is 0.686. The zero-order chi connectivity index (χ0) is 5.21. The van der Waals surface area contributed by atoms with Crippen LogP contribution in [0.3, 0.4) is 0 Å². The molecule has 38 valence electrons. The van der Waals surface area contributed by atoms with E-state index < -0.39 is 8.68 Å². The maximum absolute atomic E-state index is 10.0. The molecule has 0 rings (SSSR count). The van der Waals surface area contributed by atoms with Crippen LogP contribution in [0.4, 0.5) is 0 Å². The zero-order valence-electron chi connectivity index (χ0n) is 2.89. The first-order chi connectivity index (χ1) is 2.56. The highest BCUT2D eigenvalue weighted by Crippen LogP contribution is 1.79. The third-order valence-electron chi connectivity index (χ3n) is 0.152. The van der Waals surface area contributed by atoms with Crippen molar-refractivity contribution in [2.75, 3.05) is 5.21 Å². The standard InChI is InChI=1S/CH4ClNOS2/c2-1-6(3,4)5/h1H2,(H2,3,4,5). The Bertz CT molecular complexity index is 116. The number of halogens is 1. The van der Waals surface area contributed by atoms with Crippen LogP contribution in [0.25, 0.3) is 0 Å². The predicted octanol–water partition coefficient (Wildman–Crippen LogP) is -0.197. The minimum atomic E-state index is -2.56. The van der Waals surface area contributed by atoms with Crippen LogP contribution in [0.15, 0.2) is 0 Å². The lowest BCUT2D eigenvalue weighted by atomic mass is 11.9. The summed E-state index contributed by atoms with van der Waals surface area (Å²) in [6, 6.07) is 0. The van der Waals surface area contributed by atoms with Gasteiger partial charge in [-0.05, 0) is 11.2 Å². The summed E-state index contributed by atoms with van der Waals surface area (Å²) in [5.41, 5.74) is 0. The number of hydrogen-bond acceptors (Lipinski definition) is 2. The monoisotopic (exact) mass is 145 g/mol. The third kappa shape index (κ3) is 4.62. The van der Waals surface area contributed by atoms with Gasteiger partial charge in [0.15, 0.2) is 0 Å². The van der Waals surface area contributed by atoms with Crippen LogP contribution >= 0.6 is 11.6 Å². The quantitative estimate of drug-likeness (QED) is 0.520. The summed E-state index contributed by atoms with van der Waals surface area (Å²) in [5, 5.41) is 4.61. The Kier molecular flexibility index (Phi) is 2.28. The Morgan fingerprint density at radius 1 is 2.00 bits per heavy atom. The van der Waals surface area contributed by atoms with Crippen molar-refractivity contribution < 1.29 is 4.21 Å². The molecule has 0 aromatic rings. The molecule has 1 atom stereocenters. The summed E-state index contributed by atoms with van der Waals surface area (Å²) < 4.78 is 10.0. The Morgan fingerprint density at radius 2 is 2.17 bits per heavy atom. The number of hydrogen-bond donors (Lipinski definition) is 1. The van der Waals surface area contributed by atoms with Crippen LogP contribution in [0, 0.1) is 0 Å². The van der Waals surface area contributed by atoms with Gasteiger partial charge in [0.05, 0.1) is 0 Å². The van der Waals surface area contributed by atoms with Crippen LogP contribution in [-0.4, -0.2) is 9.42 Å². The Balaban J connectivity index is 3.85. The molecule has 6 heavy (non-hydrogen) atoms. The molecule has 0 aliphatic heterocycles. The first kappa shape index (κ1) is 6.62. The molecule has 0 spiro atoms. The second-order valence-electron chi connectivity index (χ2n) is 0.772. The van der Waals surface area contributed by atoms with Crippen molar-refractivity contribution in [1.29, 1.82) is 0 Å². The average molecular weight is 146 g/mol. The van der Waals surface area contributed by atoms with Gasteiger partial charge < -0.3 is 0 Å². The summed E-state index contributed by atoms with van der Waals surface area (Å²) in [7, 11) is -2.56. The van der Waals surface area contributed by atoms with Gasteiger partial charge in [-0.2, -0.15) is 0 Å². The first-order valence-electron chi connectivity index (χ1n) is 1.12. The van der Waals surface area contributed by atoms with Gasteiger partial charge in [0.25, 0.3) is 0 Å². The van der Waals surface area contributed by atoms with E-state index >= 15 is 0 Å². The van der Waals surface area contributed by atoms with Crippen LogP contribution in [0.1, 0.15) is 0 Å². The Labute approximate surface area is 46.5 Å². The molecule has 2 N–H and O–H groups in total. The lowest BCUT2D eigenvalue weighted by Gasteiger charge is -1.84. The molecular weight excluding hydrogens is 142 g/mol. The largest absolute Gasteiger partial charge is 0.250 e. The van der Waals surface area contributed by atoms with E-state index in [1.807, 2.05) is 0 Å². The van der Waals surface area contributed by atoms with Crippen LogP contribution in [0.5, 0.6) is 0 Å². The van der Waals surface area contributed by atoms with Crippen molar-refractivity contribution in [1.82, 2.24) is 0 Å². The molecule has 0 aromatic heterocycles. The average Bonchev–Trinajstić information content (AvgIpc) is 1.35. The lowest BCUT2D eigenvalue weighted by Crippen LogP contribution is -2.10. The number of rotatable bonds is 1. The summed E-state index contributed by atoms with van der Waals surface area (Å²) in [6.45, 7) is 0. The van der Waals surface area contributed by atoms with Gasteiger partial charge in [-0.1, -0.05) is 0 Å². The molecular formula is CH4ClNOS2. The summed E-state index contributed by atoms with van der Waals surface area (Å²) >= 11 is 9.13. The summed E-state index contributed by atoms with van der Waals surface area (Å²) in [5.74, 6) is 0. The third-order valence-corrected chi connectivity index (χ3v) is 2.17. The van der Waals surface area contributed by atoms with Crippen molar-refractivity contribution in [2.45, 2.75) is 0 Å². The van der Waals surface area contributed by atoms with Gasteiger partial charge in [0.1, 0.15) is 13.9 Å². The van der Waals surface area contributed by atoms with E-state index in [0.29, 0.717) is 0 Å². The van der Waals surface area contributed by atoms with Crippen LogP contribution in [0.2, 0.25) is 0 Å². The van der Waals surface area contributed by atoms with Gasteiger partial charge in [0, 0.05) is 0 Å². The summed E-state index contributed by atoms with van der Waals surface area (Å²) in [6.07, 6.45) is 0. The van der Waals surface area contributed by atoms with Gasteiger partial charge >= 0.3 is 0 Å². The van der Waals surface area contributed by atoms with Gasteiger partial charge in [-0.15, -0.1) is 11.6 Å². The first-order valence-corrected chi connectivity index (χ1v) is 4.37. The smallest absolute Gasteiger partial charge is 0.113 e. The van der Waals surface area contributed by atoms with Gasteiger partial charge in [-0.25, -0.2) is 9.35 Å².